The van der Waals surface area contributed by atoms with E-state index in [4.69, 9.17) is 4.74 Å². The fourth-order valence-corrected chi connectivity index (χ4v) is 5.73. The molecule has 0 bridgehead atoms. The van der Waals surface area contributed by atoms with Crippen LogP contribution < -0.4 is 10.1 Å². The number of anilines is 1. The number of ether oxygens (including phenoxy) is 1. The first-order valence-electron chi connectivity index (χ1n) is 12.8. The molecule has 10 heteroatoms. The minimum Gasteiger partial charge on any atom is -0.497 e. The molecule has 0 saturated carbocycles. The largest absolute Gasteiger partial charge is 0.497 e. The number of hydrogen-bond donors (Lipinski definition) is 1. The molecule has 4 rings (SSSR count). The number of sulfonamides is 1. The predicted octanol–water partition coefficient (Wildman–Crippen LogP) is 2.95. The van der Waals surface area contributed by atoms with Gasteiger partial charge in [0.2, 0.25) is 15.9 Å². The Morgan fingerprint density at radius 2 is 1.54 bits per heavy atom. The molecule has 1 N–H and O–H groups in total. The Kier molecular flexibility index (Phi) is 9.34. The molecular formula is C29H34N4O5S. The van der Waals surface area contributed by atoms with Crippen molar-refractivity contribution in [3.05, 3.63) is 90.0 Å². The van der Waals surface area contributed by atoms with Gasteiger partial charge in [-0.1, -0.05) is 30.3 Å². The third-order valence-electron chi connectivity index (χ3n) is 6.72. The van der Waals surface area contributed by atoms with Gasteiger partial charge in [0.1, 0.15) is 5.75 Å². The summed E-state index contributed by atoms with van der Waals surface area (Å²) >= 11 is 0. The van der Waals surface area contributed by atoms with E-state index in [1.165, 1.54) is 23.5 Å². The zero-order valence-electron chi connectivity index (χ0n) is 22.2. The Balaban J connectivity index is 1.44. The average molecular weight is 551 g/mol. The van der Waals surface area contributed by atoms with Crippen LogP contribution in [0.2, 0.25) is 0 Å². The highest BCUT2D eigenvalue weighted by atomic mass is 32.2. The molecule has 0 atom stereocenters. The lowest BCUT2D eigenvalue weighted by Crippen LogP contribution is -2.47. The monoisotopic (exact) mass is 550 g/mol. The lowest BCUT2D eigenvalue weighted by molar-refractivity contribution is -0.116. The van der Waals surface area contributed by atoms with Crippen LogP contribution in [0.5, 0.6) is 5.75 Å². The summed E-state index contributed by atoms with van der Waals surface area (Å²) in [5.41, 5.74) is 2.00. The second kappa shape index (κ2) is 12.9. The second-order valence-electron chi connectivity index (χ2n) is 9.47. The molecule has 0 aliphatic carbocycles. The number of nitrogens with one attached hydrogen (secondary N) is 1. The van der Waals surface area contributed by atoms with Crippen LogP contribution in [0.3, 0.4) is 0 Å². The fourth-order valence-electron chi connectivity index (χ4n) is 4.33. The highest BCUT2D eigenvalue weighted by molar-refractivity contribution is 7.89. The summed E-state index contributed by atoms with van der Waals surface area (Å²) < 4.78 is 33.3. The molecule has 0 spiro atoms. The molecule has 0 unspecified atom stereocenters. The highest BCUT2D eigenvalue weighted by Gasteiger charge is 2.27. The maximum atomic E-state index is 13.5. The molecule has 9 nitrogen and oxygen atoms in total. The van der Waals surface area contributed by atoms with E-state index in [2.05, 4.69) is 10.2 Å². The van der Waals surface area contributed by atoms with Crippen LogP contribution in [-0.4, -0.2) is 87.8 Å². The van der Waals surface area contributed by atoms with Gasteiger partial charge in [-0.25, -0.2) is 8.42 Å². The SMILES string of the molecule is COc1ccc(S(=O)(=O)N(CCc2ccccc2)CC(=O)Nc2ccc(C(=O)N3CCN(C)CC3)cc2)cc1. The fraction of sp³-hybridized carbons (Fsp3) is 0.310. The number of piperazine rings is 1. The van der Waals surface area contributed by atoms with Crippen LogP contribution in [0.4, 0.5) is 5.69 Å². The molecule has 206 valence electrons. The van der Waals surface area contributed by atoms with Gasteiger partial charge < -0.3 is 19.9 Å². The molecule has 1 saturated heterocycles. The van der Waals surface area contributed by atoms with E-state index in [1.807, 2.05) is 42.3 Å². The van der Waals surface area contributed by atoms with Crippen LogP contribution in [0.25, 0.3) is 0 Å². The second-order valence-corrected chi connectivity index (χ2v) is 11.4. The number of hydrogen-bond acceptors (Lipinski definition) is 6. The number of methoxy groups -OCH3 is 1. The Labute approximate surface area is 230 Å². The summed E-state index contributed by atoms with van der Waals surface area (Å²) in [6, 6.07) is 22.3. The van der Waals surface area contributed by atoms with Crippen molar-refractivity contribution in [3.8, 4) is 5.75 Å². The summed E-state index contributed by atoms with van der Waals surface area (Å²) in [5.74, 6) is 0.0222. The van der Waals surface area contributed by atoms with Crippen molar-refractivity contribution < 1.29 is 22.7 Å². The van der Waals surface area contributed by atoms with E-state index < -0.39 is 15.9 Å². The Morgan fingerprint density at radius 1 is 0.897 bits per heavy atom. The molecule has 0 aromatic heterocycles. The molecule has 1 fully saturated rings. The van der Waals surface area contributed by atoms with Crippen molar-refractivity contribution >= 4 is 27.5 Å². The molecular weight excluding hydrogens is 516 g/mol. The van der Waals surface area contributed by atoms with Crippen molar-refractivity contribution in [3.63, 3.8) is 0 Å². The third kappa shape index (κ3) is 7.44. The predicted molar refractivity (Wildman–Crippen MR) is 150 cm³/mol. The van der Waals surface area contributed by atoms with Crippen molar-refractivity contribution in [2.75, 3.05) is 58.7 Å². The van der Waals surface area contributed by atoms with Crippen molar-refractivity contribution in [1.82, 2.24) is 14.1 Å². The number of rotatable bonds is 10. The summed E-state index contributed by atoms with van der Waals surface area (Å²) in [5, 5.41) is 2.77. The molecule has 1 aliphatic heterocycles. The van der Waals surface area contributed by atoms with Gasteiger partial charge in [0, 0.05) is 44.0 Å². The standard InChI is InChI=1S/C29H34N4O5S/c1-31-18-20-32(21-19-31)29(35)24-8-10-25(11-9-24)30-28(34)22-33(17-16-23-6-4-3-5-7-23)39(36,37)27-14-12-26(38-2)13-15-27/h3-15H,16-22H2,1-2H3,(H,30,34). The first-order chi connectivity index (χ1) is 18.8. The minimum atomic E-state index is -3.95. The first kappa shape index (κ1) is 28.3. The van der Waals surface area contributed by atoms with E-state index in [0.29, 0.717) is 36.5 Å². The molecule has 1 aliphatic rings. The lowest BCUT2D eigenvalue weighted by atomic mass is 10.1. The van der Waals surface area contributed by atoms with Gasteiger partial charge in [0.25, 0.3) is 5.91 Å². The number of carbonyl (C=O) groups is 2. The van der Waals surface area contributed by atoms with Crippen LogP contribution in [-0.2, 0) is 21.2 Å². The summed E-state index contributed by atoms with van der Waals surface area (Å²) in [6.45, 7) is 2.79. The molecule has 2 amide bonds. The van der Waals surface area contributed by atoms with Crippen LogP contribution in [0.1, 0.15) is 15.9 Å². The van der Waals surface area contributed by atoms with Gasteiger partial charge in [0.15, 0.2) is 0 Å². The minimum absolute atomic E-state index is 0.0429. The van der Waals surface area contributed by atoms with Crippen LogP contribution in [0.15, 0.2) is 83.8 Å². The van der Waals surface area contributed by atoms with Gasteiger partial charge >= 0.3 is 0 Å². The van der Waals surface area contributed by atoms with Gasteiger partial charge in [-0.05, 0) is 67.6 Å². The number of amides is 2. The van der Waals surface area contributed by atoms with Gasteiger partial charge in [-0.2, -0.15) is 4.31 Å². The summed E-state index contributed by atoms with van der Waals surface area (Å²) in [4.78, 5) is 29.9. The van der Waals surface area contributed by atoms with E-state index in [0.717, 1.165) is 18.7 Å². The van der Waals surface area contributed by atoms with E-state index in [9.17, 15) is 18.0 Å². The van der Waals surface area contributed by atoms with Crippen molar-refractivity contribution in [2.24, 2.45) is 0 Å². The highest BCUT2D eigenvalue weighted by Crippen LogP contribution is 2.21. The molecule has 1 heterocycles. The molecule has 39 heavy (non-hydrogen) atoms. The summed E-state index contributed by atoms with van der Waals surface area (Å²) in [6.07, 6.45) is 0.451. The van der Waals surface area contributed by atoms with E-state index in [-0.39, 0.29) is 23.9 Å². The normalized spacial score (nSPS) is 14.3. The number of likely N-dealkylation sites (N-methyl/N-ethyl adjacent to an activating group) is 1. The average Bonchev–Trinajstić information content (AvgIpc) is 2.96. The zero-order chi connectivity index (χ0) is 27.8. The third-order valence-corrected chi connectivity index (χ3v) is 8.58. The zero-order valence-corrected chi connectivity index (χ0v) is 23.1. The van der Waals surface area contributed by atoms with Crippen molar-refractivity contribution in [1.29, 1.82) is 0 Å². The van der Waals surface area contributed by atoms with Crippen LogP contribution in [0, 0.1) is 0 Å². The Hall–Kier alpha value is -3.73. The molecule has 3 aromatic carbocycles. The van der Waals surface area contributed by atoms with Gasteiger partial charge in [0.05, 0.1) is 18.6 Å². The lowest BCUT2D eigenvalue weighted by Gasteiger charge is -2.32. The Morgan fingerprint density at radius 3 is 2.15 bits per heavy atom. The van der Waals surface area contributed by atoms with E-state index >= 15 is 0 Å². The maximum Gasteiger partial charge on any atom is 0.253 e. The number of benzene rings is 3. The molecule has 3 aromatic rings. The quantitative estimate of drug-likeness (QED) is 0.417. The first-order valence-corrected chi connectivity index (χ1v) is 14.3. The number of nitrogens with zero attached hydrogens (tertiary/aromatic N) is 3. The maximum absolute atomic E-state index is 13.5. The number of carbonyl (C=O) groups excluding carboxylic acids is 2. The van der Waals surface area contributed by atoms with E-state index in [1.54, 1.807) is 36.4 Å². The smallest absolute Gasteiger partial charge is 0.253 e. The van der Waals surface area contributed by atoms with Crippen molar-refractivity contribution in [2.45, 2.75) is 11.3 Å². The van der Waals surface area contributed by atoms with Gasteiger partial charge in [-0.3, -0.25) is 9.59 Å². The summed E-state index contributed by atoms with van der Waals surface area (Å²) in [7, 11) is -0.414. The van der Waals surface area contributed by atoms with Crippen LogP contribution >= 0.6 is 0 Å². The topological polar surface area (TPSA) is 99.3 Å². The Bertz CT molecular complexity index is 1360. The molecule has 0 radical (unpaired) electrons. The van der Waals surface area contributed by atoms with Gasteiger partial charge in [-0.15, -0.1) is 0 Å².